The van der Waals surface area contributed by atoms with Crippen molar-refractivity contribution in [2.75, 3.05) is 0 Å². The van der Waals surface area contributed by atoms with Gasteiger partial charge in [0, 0.05) is 12.3 Å². The van der Waals surface area contributed by atoms with Crippen LogP contribution in [0.4, 0.5) is 4.39 Å². The molecule has 0 unspecified atom stereocenters. The van der Waals surface area contributed by atoms with Crippen molar-refractivity contribution in [2.45, 2.75) is 25.4 Å². The fourth-order valence-corrected chi connectivity index (χ4v) is 1.09. The SMILES string of the molecule is Fc1[c]nccc1OC1CCC1. The third-order valence-corrected chi connectivity index (χ3v) is 2.03. The van der Waals surface area contributed by atoms with Gasteiger partial charge in [-0.25, -0.2) is 4.39 Å². The maximum absolute atomic E-state index is 12.9. The van der Waals surface area contributed by atoms with Gasteiger partial charge in [-0.2, -0.15) is 0 Å². The van der Waals surface area contributed by atoms with Gasteiger partial charge >= 0.3 is 0 Å². The van der Waals surface area contributed by atoms with Crippen LogP contribution in [-0.2, 0) is 0 Å². The Morgan fingerprint density at radius 1 is 1.58 bits per heavy atom. The van der Waals surface area contributed by atoms with Gasteiger partial charge in [-0.15, -0.1) is 0 Å². The first-order valence-corrected chi connectivity index (χ1v) is 4.05. The number of rotatable bonds is 2. The lowest BCUT2D eigenvalue weighted by atomic mass is 9.96. The quantitative estimate of drug-likeness (QED) is 0.670. The summed E-state index contributed by atoms with van der Waals surface area (Å²) in [6, 6.07) is 1.53. The third kappa shape index (κ3) is 1.40. The van der Waals surface area contributed by atoms with Crippen LogP contribution in [0.2, 0.25) is 0 Å². The summed E-state index contributed by atoms with van der Waals surface area (Å²) in [6.07, 6.45) is 7.14. The van der Waals surface area contributed by atoms with E-state index in [0.29, 0.717) is 0 Å². The van der Waals surface area contributed by atoms with Crippen LogP contribution < -0.4 is 4.74 Å². The topological polar surface area (TPSA) is 22.1 Å². The van der Waals surface area contributed by atoms with Gasteiger partial charge in [0.2, 0.25) is 0 Å². The van der Waals surface area contributed by atoms with Crippen LogP contribution in [0.3, 0.4) is 0 Å². The number of ether oxygens (including phenoxy) is 1. The lowest BCUT2D eigenvalue weighted by molar-refractivity contribution is 0.114. The van der Waals surface area contributed by atoms with Crippen molar-refractivity contribution in [2.24, 2.45) is 0 Å². The summed E-state index contributed by atoms with van der Waals surface area (Å²) in [5, 5.41) is 0. The molecule has 1 radical (unpaired) electrons. The fraction of sp³-hybridized carbons (Fsp3) is 0.444. The first kappa shape index (κ1) is 7.53. The second kappa shape index (κ2) is 3.09. The summed E-state index contributed by atoms with van der Waals surface area (Å²) < 4.78 is 18.2. The molecule has 12 heavy (non-hydrogen) atoms. The van der Waals surface area contributed by atoms with Crippen LogP contribution in [-0.4, -0.2) is 11.1 Å². The molecule has 1 fully saturated rings. The maximum atomic E-state index is 12.9. The molecule has 3 heteroatoms. The van der Waals surface area contributed by atoms with Crippen LogP contribution in [0.1, 0.15) is 19.3 Å². The van der Waals surface area contributed by atoms with Crippen LogP contribution in [0.15, 0.2) is 12.3 Å². The number of aromatic nitrogens is 1. The van der Waals surface area contributed by atoms with E-state index in [9.17, 15) is 4.39 Å². The van der Waals surface area contributed by atoms with Crippen molar-refractivity contribution in [3.05, 3.63) is 24.3 Å². The van der Waals surface area contributed by atoms with Crippen LogP contribution in [0.25, 0.3) is 0 Å². The monoisotopic (exact) mass is 166 g/mol. The highest BCUT2D eigenvalue weighted by Gasteiger charge is 2.20. The Morgan fingerprint density at radius 2 is 2.42 bits per heavy atom. The summed E-state index contributed by atoms with van der Waals surface area (Å²) >= 11 is 0. The average molecular weight is 166 g/mol. The number of nitrogens with zero attached hydrogens (tertiary/aromatic N) is 1. The zero-order valence-corrected chi connectivity index (χ0v) is 6.59. The van der Waals surface area contributed by atoms with Crippen molar-refractivity contribution in [3.8, 4) is 5.75 Å². The van der Waals surface area contributed by atoms with E-state index >= 15 is 0 Å². The van der Waals surface area contributed by atoms with Gasteiger partial charge in [0.1, 0.15) is 6.20 Å². The minimum atomic E-state index is -0.496. The van der Waals surface area contributed by atoms with E-state index in [1.807, 2.05) is 0 Å². The Hall–Kier alpha value is -1.12. The van der Waals surface area contributed by atoms with E-state index in [1.54, 1.807) is 0 Å². The Morgan fingerprint density at radius 3 is 3.00 bits per heavy atom. The normalized spacial score (nSPS) is 17.1. The molecule has 1 aliphatic rings. The fourth-order valence-electron chi connectivity index (χ4n) is 1.09. The largest absolute Gasteiger partial charge is 0.487 e. The van der Waals surface area contributed by atoms with E-state index in [4.69, 9.17) is 4.74 Å². The van der Waals surface area contributed by atoms with Crippen molar-refractivity contribution in [3.63, 3.8) is 0 Å². The molecule has 0 saturated heterocycles. The molecule has 2 nitrogen and oxygen atoms in total. The van der Waals surface area contributed by atoms with Gasteiger partial charge in [-0.1, -0.05) is 0 Å². The standard InChI is InChI=1S/C9H9FNO/c10-8-6-11-5-4-9(8)12-7-2-1-3-7/h4-5,7H,1-3H2. The number of hydrogen-bond donors (Lipinski definition) is 0. The van der Waals surface area contributed by atoms with E-state index in [1.165, 1.54) is 18.7 Å². The minimum Gasteiger partial charge on any atom is -0.487 e. The minimum absolute atomic E-state index is 0.204. The highest BCUT2D eigenvalue weighted by atomic mass is 19.1. The lowest BCUT2D eigenvalue weighted by Gasteiger charge is -2.26. The van der Waals surface area contributed by atoms with Gasteiger partial charge in [-0.05, 0) is 19.3 Å². The molecule has 0 bridgehead atoms. The maximum Gasteiger partial charge on any atom is 0.193 e. The summed E-state index contributed by atoms with van der Waals surface area (Å²) in [4.78, 5) is 3.52. The number of halogens is 1. The van der Waals surface area contributed by atoms with Crippen molar-refractivity contribution in [1.29, 1.82) is 0 Å². The summed E-state index contributed by atoms with van der Waals surface area (Å²) in [6.45, 7) is 0. The Balaban J connectivity index is 2.06. The summed E-state index contributed by atoms with van der Waals surface area (Å²) in [5.74, 6) is -0.223. The average Bonchev–Trinajstić information content (AvgIpc) is 2.00. The Bertz CT molecular complexity index is 273. The first-order chi connectivity index (χ1) is 5.86. The third-order valence-electron chi connectivity index (χ3n) is 2.03. The molecule has 0 aliphatic heterocycles. The molecule has 0 spiro atoms. The first-order valence-electron chi connectivity index (χ1n) is 4.05. The molecule has 1 aliphatic carbocycles. The molecule has 1 aromatic rings. The number of pyridine rings is 1. The Labute approximate surface area is 70.4 Å². The number of hydrogen-bond acceptors (Lipinski definition) is 2. The van der Waals surface area contributed by atoms with Gasteiger partial charge < -0.3 is 4.74 Å². The predicted octanol–water partition coefficient (Wildman–Crippen LogP) is 1.95. The van der Waals surface area contributed by atoms with Gasteiger partial charge in [-0.3, -0.25) is 4.98 Å². The summed E-state index contributed by atoms with van der Waals surface area (Å²) in [7, 11) is 0. The molecule has 0 N–H and O–H groups in total. The van der Waals surface area contributed by atoms with Crippen molar-refractivity contribution < 1.29 is 9.13 Å². The Kier molecular flexibility index (Phi) is 1.94. The van der Waals surface area contributed by atoms with Crippen LogP contribution >= 0.6 is 0 Å². The second-order valence-electron chi connectivity index (χ2n) is 2.91. The molecule has 1 saturated carbocycles. The molecule has 1 aromatic heterocycles. The molecule has 0 amide bonds. The zero-order valence-electron chi connectivity index (χ0n) is 6.59. The lowest BCUT2D eigenvalue weighted by Crippen LogP contribution is -2.24. The smallest absolute Gasteiger partial charge is 0.193 e. The molecular formula is C9H9FNO. The van der Waals surface area contributed by atoms with E-state index in [2.05, 4.69) is 11.2 Å². The molecule has 0 aromatic carbocycles. The summed E-state index contributed by atoms with van der Waals surface area (Å²) in [5.41, 5.74) is 0. The molecular weight excluding hydrogens is 157 g/mol. The van der Waals surface area contributed by atoms with Gasteiger partial charge in [0.25, 0.3) is 0 Å². The van der Waals surface area contributed by atoms with Crippen LogP contribution in [0, 0.1) is 12.0 Å². The van der Waals surface area contributed by atoms with E-state index < -0.39 is 5.82 Å². The van der Waals surface area contributed by atoms with Gasteiger partial charge in [0.15, 0.2) is 11.6 Å². The van der Waals surface area contributed by atoms with Gasteiger partial charge in [0.05, 0.1) is 6.10 Å². The highest BCUT2D eigenvalue weighted by molar-refractivity contribution is 5.19. The van der Waals surface area contributed by atoms with Crippen molar-refractivity contribution in [1.82, 2.24) is 4.98 Å². The molecule has 63 valence electrons. The molecule has 0 atom stereocenters. The van der Waals surface area contributed by atoms with E-state index in [0.717, 1.165) is 12.8 Å². The predicted molar refractivity (Wildman–Crippen MR) is 41.3 cm³/mol. The van der Waals surface area contributed by atoms with Crippen molar-refractivity contribution >= 4 is 0 Å². The zero-order chi connectivity index (χ0) is 8.39. The van der Waals surface area contributed by atoms with Crippen LogP contribution in [0.5, 0.6) is 5.75 Å². The molecule has 2 rings (SSSR count). The highest BCUT2D eigenvalue weighted by Crippen LogP contribution is 2.25. The molecule has 1 heterocycles. The van der Waals surface area contributed by atoms with E-state index in [-0.39, 0.29) is 11.9 Å². The second-order valence-corrected chi connectivity index (χ2v) is 2.91.